The Labute approximate surface area is 125 Å². The minimum Gasteiger partial charge on any atom is -0.291 e. The summed E-state index contributed by atoms with van der Waals surface area (Å²) in [7, 11) is 1.75. The minimum atomic E-state index is -0.250. The number of thiazole rings is 1. The third kappa shape index (κ3) is 2.76. The highest BCUT2D eigenvalue weighted by atomic mass is 32.1. The molecule has 1 aliphatic carbocycles. The van der Waals surface area contributed by atoms with Crippen LogP contribution < -0.4 is 4.90 Å². The quantitative estimate of drug-likeness (QED) is 0.870. The molecule has 1 aliphatic rings. The first-order valence-corrected chi connectivity index (χ1v) is 8.26. The number of halogens is 1. The SMILES string of the molecule is CN(C(=O)Cc1ccc(F)s1)c1nc2c(s1)CCCC2. The van der Waals surface area contributed by atoms with Crippen molar-refractivity contribution in [3.8, 4) is 0 Å². The predicted molar refractivity (Wildman–Crippen MR) is 80.1 cm³/mol. The van der Waals surface area contributed by atoms with E-state index in [2.05, 4.69) is 4.98 Å². The molecule has 2 aromatic heterocycles. The summed E-state index contributed by atoms with van der Waals surface area (Å²) in [6.45, 7) is 0. The molecule has 0 radical (unpaired) electrons. The zero-order chi connectivity index (χ0) is 14.1. The topological polar surface area (TPSA) is 33.2 Å². The van der Waals surface area contributed by atoms with Crippen LogP contribution in [0.1, 0.15) is 28.3 Å². The minimum absolute atomic E-state index is 0.0436. The first kappa shape index (κ1) is 13.7. The lowest BCUT2D eigenvalue weighted by molar-refractivity contribution is -0.117. The lowest BCUT2D eigenvalue weighted by atomic mass is 10.0. The van der Waals surface area contributed by atoms with Crippen LogP contribution in [0.5, 0.6) is 0 Å². The smallest absolute Gasteiger partial charge is 0.233 e. The molecule has 6 heteroatoms. The van der Waals surface area contributed by atoms with Gasteiger partial charge in [-0.2, -0.15) is 4.39 Å². The van der Waals surface area contributed by atoms with Gasteiger partial charge in [0.05, 0.1) is 12.1 Å². The number of fused-ring (bicyclic) bond motifs is 1. The zero-order valence-corrected chi connectivity index (χ0v) is 12.8. The number of amides is 1. The number of aromatic nitrogens is 1. The second kappa shape index (κ2) is 5.61. The van der Waals surface area contributed by atoms with Gasteiger partial charge in [-0.05, 0) is 37.8 Å². The van der Waals surface area contributed by atoms with Gasteiger partial charge in [-0.1, -0.05) is 0 Å². The number of hydrogen-bond donors (Lipinski definition) is 0. The average molecular weight is 310 g/mol. The van der Waals surface area contributed by atoms with Crippen LogP contribution >= 0.6 is 22.7 Å². The molecular weight excluding hydrogens is 295 g/mol. The number of likely N-dealkylation sites (N-methyl/N-ethyl adjacent to an activating group) is 1. The fraction of sp³-hybridized carbons (Fsp3) is 0.429. The number of anilines is 1. The Morgan fingerprint density at radius 2 is 2.15 bits per heavy atom. The summed E-state index contributed by atoms with van der Waals surface area (Å²) < 4.78 is 12.9. The van der Waals surface area contributed by atoms with E-state index in [0.29, 0.717) is 0 Å². The summed E-state index contributed by atoms with van der Waals surface area (Å²) >= 11 is 2.64. The fourth-order valence-electron chi connectivity index (χ4n) is 2.30. The Kier molecular flexibility index (Phi) is 3.85. The van der Waals surface area contributed by atoms with E-state index in [1.807, 2.05) is 0 Å². The summed E-state index contributed by atoms with van der Waals surface area (Å²) in [5.41, 5.74) is 1.15. The molecule has 0 fully saturated rings. The molecule has 0 spiro atoms. The van der Waals surface area contributed by atoms with Crippen LogP contribution in [-0.2, 0) is 24.1 Å². The lowest BCUT2D eigenvalue weighted by Crippen LogP contribution is -2.27. The number of nitrogens with zero attached hydrogens (tertiary/aromatic N) is 2. The van der Waals surface area contributed by atoms with Crippen molar-refractivity contribution in [1.82, 2.24) is 4.98 Å². The van der Waals surface area contributed by atoms with Gasteiger partial charge in [-0.25, -0.2) is 4.98 Å². The van der Waals surface area contributed by atoms with Crippen molar-refractivity contribution in [3.05, 3.63) is 32.7 Å². The fourth-order valence-corrected chi connectivity index (χ4v) is 4.15. The van der Waals surface area contributed by atoms with Gasteiger partial charge in [-0.15, -0.1) is 22.7 Å². The highest BCUT2D eigenvalue weighted by molar-refractivity contribution is 7.16. The van der Waals surface area contributed by atoms with Gasteiger partial charge in [-0.3, -0.25) is 9.69 Å². The Morgan fingerprint density at radius 1 is 1.35 bits per heavy atom. The van der Waals surface area contributed by atoms with Crippen molar-refractivity contribution < 1.29 is 9.18 Å². The van der Waals surface area contributed by atoms with Gasteiger partial charge >= 0.3 is 0 Å². The molecule has 0 unspecified atom stereocenters. The molecule has 0 saturated carbocycles. The van der Waals surface area contributed by atoms with Gasteiger partial charge in [0.2, 0.25) is 5.91 Å². The highest BCUT2D eigenvalue weighted by Gasteiger charge is 2.20. The Morgan fingerprint density at radius 3 is 2.85 bits per heavy atom. The maximum absolute atomic E-state index is 12.9. The number of thiophene rings is 1. The molecule has 3 rings (SSSR count). The van der Waals surface area contributed by atoms with Crippen LogP contribution in [-0.4, -0.2) is 17.9 Å². The van der Waals surface area contributed by atoms with Crippen LogP contribution in [0.3, 0.4) is 0 Å². The van der Waals surface area contributed by atoms with Gasteiger partial charge in [0.25, 0.3) is 0 Å². The summed E-state index contributed by atoms with van der Waals surface area (Å²) in [6, 6.07) is 3.06. The summed E-state index contributed by atoms with van der Waals surface area (Å²) in [6.07, 6.45) is 4.72. The molecule has 0 saturated heterocycles. The average Bonchev–Trinajstić information content (AvgIpc) is 3.03. The number of hydrogen-bond acceptors (Lipinski definition) is 4. The molecule has 0 bridgehead atoms. The molecule has 3 nitrogen and oxygen atoms in total. The molecule has 0 N–H and O–H groups in total. The molecule has 1 amide bonds. The highest BCUT2D eigenvalue weighted by Crippen LogP contribution is 2.31. The monoisotopic (exact) mass is 310 g/mol. The van der Waals surface area contributed by atoms with E-state index in [9.17, 15) is 9.18 Å². The molecular formula is C14H15FN2OS2. The van der Waals surface area contributed by atoms with E-state index in [1.54, 1.807) is 29.4 Å². The summed E-state index contributed by atoms with van der Waals surface area (Å²) in [5, 5.41) is 0.513. The normalized spacial score (nSPS) is 14.1. The van der Waals surface area contributed by atoms with Crippen molar-refractivity contribution in [2.45, 2.75) is 32.1 Å². The standard InChI is InChI=1S/C14H15FN2OS2/c1-17(13(18)8-9-6-7-12(15)19-9)14-16-10-4-2-3-5-11(10)20-14/h6-7H,2-5,8H2,1H3. The summed E-state index contributed by atoms with van der Waals surface area (Å²) in [5.74, 6) is -0.0436. The molecule has 106 valence electrons. The Balaban J connectivity index is 1.73. The van der Waals surface area contributed by atoms with Crippen molar-refractivity contribution in [1.29, 1.82) is 0 Å². The van der Waals surface area contributed by atoms with Crippen molar-refractivity contribution in [2.75, 3.05) is 11.9 Å². The van der Waals surface area contributed by atoms with E-state index in [1.165, 1.54) is 23.8 Å². The Hall–Kier alpha value is -1.27. The maximum Gasteiger partial charge on any atom is 0.233 e. The number of aryl methyl sites for hydroxylation is 2. The maximum atomic E-state index is 12.9. The molecule has 0 aromatic carbocycles. The number of rotatable bonds is 3. The van der Waals surface area contributed by atoms with Gasteiger partial charge < -0.3 is 0 Å². The van der Waals surface area contributed by atoms with E-state index in [0.717, 1.165) is 39.9 Å². The second-order valence-corrected chi connectivity index (χ2v) is 7.09. The number of carbonyl (C=O) groups excluding carboxylic acids is 1. The third-order valence-electron chi connectivity index (χ3n) is 3.45. The Bertz CT molecular complexity index is 611. The molecule has 2 aromatic rings. The van der Waals surface area contributed by atoms with Crippen molar-refractivity contribution >= 4 is 33.7 Å². The third-order valence-corrected chi connectivity index (χ3v) is 5.56. The zero-order valence-electron chi connectivity index (χ0n) is 11.2. The van der Waals surface area contributed by atoms with E-state index in [-0.39, 0.29) is 17.5 Å². The summed E-state index contributed by atoms with van der Waals surface area (Å²) in [4.78, 5) is 20.4. The van der Waals surface area contributed by atoms with Crippen LogP contribution in [0, 0.1) is 5.13 Å². The van der Waals surface area contributed by atoms with Gasteiger partial charge in [0.1, 0.15) is 0 Å². The van der Waals surface area contributed by atoms with Crippen LogP contribution in [0.15, 0.2) is 12.1 Å². The predicted octanol–water partition coefficient (Wildman–Crippen LogP) is 3.43. The largest absolute Gasteiger partial charge is 0.291 e. The van der Waals surface area contributed by atoms with Crippen LogP contribution in [0.2, 0.25) is 0 Å². The van der Waals surface area contributed by atoms with Gasteiger partial charge in [0, 0.05) is 16.8 Å². The van der Waals surface area contributed by atoms with E-state index < -0.39 is 0 Å². The molecule has 0 aliphatic heterocycles. The first-order chi connectivity index (χ1) is 9.63. The molecule has 2 heterocycles. The molecule has 20 heavy (non-hydrogen) atoms. The lowest BCUT2D eigenvalue weighted by Gasteiger charge is -2.12. The molecule has 0 atom stereocenters. The first-order valence-electron chi connectivity index (χ1n) is 6.63. The van der Waals surface area contributed by atoms with Gasteiger partial charge in [0.15, 0.2) is 10.3 Å². The van der Waals surface area contributed by atoms with Crippen LogP contribution in [0.25, 0.3) is 0 Å². The van der Waals surface area contributed by atoms with Crippen molar-refractivity contribution in [3.63, 3.8) is 0 Å². The number of carbonyl (C=O) groups is 1. The second-order valence-electron chi connectivity index (χ2n) is 4.91. The van der Waals surface area contributed by atoms with Crippen molar-refractivity contribution in [2.24, 2.45) is 0 Å². The van der Waals surface area contributed by atoms with Crippen LogP contribution in [0.4, 0.5) is 9.52 Å². The van der Waals surface area contributed by atoms with E-state index in [4.69, 9.17) is 0 Å². The van der Waals surface area contributed by atoms with E-state index >= 15 is 0 Å².